The van der Waals surface area contributed by atoms with Crippen LogP contribution in [-0.2, 0) is 40.7 Å². The van der Waals surface area contributed by atoms with Gasteiger partial charge in [0.2, 0.25) is 0 Å². The van der Waals surface area contributed by atoms with Gasteiger partial charge in [0.15, 0.2) is 20.2 Å². The molecule has 0 radical (unpaired) electrons. The van der Waals surface area contributed by atoms with Gasteiger partial charge in [-0.3, -0.25) is 0 Å². The summed E-state index contributed by atoms with van der Waals surface area (Å²) in [7, 11) is -13.7. The molecule has 0 saturated carbocycles. The molecule has 4 aromatic carbocycles. The van der Waals surface area contributed by atoms with Gasteiger partial charge in [0, 0.05) is 6.42 Å². The molecule has 17 heteroatoms. The molecule has 0 aliphatic carbocycles. The molecule has 0 unspecified atom stereocenters. The molecule has 6 nitrogen and oxygen atoms in total. The molecular weight excluding hydrogens is 791 g/mol. The largest absolute Gasteiger partial charge is 2.00 e. The van der Waals surface area contributed by atoms with Crippen LogP contribution in [-0.4, -0.2) is 49.3 Å². The molecule has 0 amide bonds. The molecule has 46 heavy (non-hydrogen) atoms. The summed E-state index contributed by atoms with van der Waals surface area (Å²) < 4.78 is 118. The Hall–Kier alpha value is -2.20. The van der Waals surface area contributed by atoms with Crippen molar-refractivity contribution in [2.75, 3.05) is 12.3 Å². The first kappa shape index (κ1) is 41.8. The third kappa shape index (κ3) is 14.3. The van der Waals surface area contributed by atoms with E-state index in [0.29, 0.717) is 0 Å². The van der Waals surface area contributed by atoms with Gasteiger partial charge in [-0.25, -0.2) is 16.8 Å². The average Bonchev–Trinajstić information content (AvgIpc) is 2.98. The van der Waals surface area contributed by atoms with Crippen molar-refractivity contribution in [3.8, 4) is 0 Å². The molecule has 0 N–H and O–H groups in total. The maximum Gasteiger partial charge on any atom is 2.00 e. The second-order valence-electron chi connectivity index (χ2n) is 9.07. The second-order valence-corrected chi connectivity index (χ2v) is 17.0. The Labute approximate surface area is 279 Å². The summed E-state index contributed by atoms with van der Waals surface area (Å²) >= 11 is 0. The third-order valence-corrected chi connectivity index (χ3v) is 12.9. The summed E-state index contributed by atoms with van der Waals surface area (Å²) in [6.07, 6.45) is 3.84. The molecular formula is C29H28F6O6P2PdS2+2. The summed E-state index contributed by atoms with van der Waals surface area (Å²) in [6.45, 7) is 0. The predicted molar refractivity (Wildman–Crippen MR) is 167 cm³/mol. The zero-order valence-corrected chi connectivity index (χ0v) is 28.7. The van der Waals surface area contributed by atoms with Crippen LogP contribution in [0.15, 0.2) is 121 Å². The van der Waals surface area contributed by atoms with Crippen molar-refractivity contribution >= 4 is 57.3 Å². The van der Waals surface area contributed by atoms with E-state index >= 15 is 0 Å². The number of hydrogen-bond donors (Lipinski definition) is 0. The van der Waals surface area contributed by atoms with E-state index in [2.05, 4.69) is 121 Å². The van der Waals surface area contributed by atoms with Crippen LogP contribution in [0.5, 0.6) is 0 Å². The second kappa shape index (κ2) is 19.0. The summed E-state index contributed by atoms with van der Waals surface area (Å²) in [6, 6.07) is 44.6. The van der Waals surface area contributed by atoms with Gasteiger partial charge in [0.1, 0.15) is 0 Å². The van der Waals surface area contributed by atoms with Crippen LogP contribution in [0, 0.1) is 0 Å². The van der Waals surface area contributed by atoms with Crippen molar-refractivity contribution in [3.63, 3.8) is 0 Å². The summed E-state index contributed by atoms with van der Waals surface area (Å²) in [5, 5.41) is 6.10. The van der Waals surface area contributed by atoms with Gasteiger partial charge in [-0.15, -0.1) is 0 Å². The standard InChI is InChI=1S/C27H26P2.2CHF3O3S.Pd/c1-5-14-24(15-6-1)28(25-16-7-2-8-17-25)22-13-23-29(26-18-9-3-10-19-26)27-20-11-4-12-21-27;2*2-1(3,4)8(5,6)7;/h1-12,14-21H,13,22-23H2;2*(H,5,6,7);/q;;;+2. The van der Waals surface area contributed by atoms with Crippen molar-refractivity contribution < 1.29 is 72.7 Å². The van der Waals surface area contributed by atoms with Crippen LogP contribution in [0.25, 0.3) is 0 Å². The molecule has 0 atom stereocenters. The predicted octanol–water partition coefficient (Wildman–Crippen LogP) is 5.21. The van der Waals surface area contributed by atoms with E-state index in [1.54, 1.807) is 0 Å². The van der Waals surface area contributed by atoms with E-state index in [-0.39, 0.29) is 20.4 Å². The molecule has 0 bridgehead atoms. The van der Waals surface area contributed by atoms with Crippen molar-refractivity contribution in [3.05, 3.63) is 121 Å². The summed E-state index contributed by atoms with van der Waals surface area (Å²) in [5.41, 5.74) is -11.3. The fourth-order valence-corrected chi connectivity index (χ4v) is 9.52. The maximum atomic E-state index is 10.7. The topological polar surface area (TPSA) is 114 Å². The van der Waals surface area contributed by atoms with Crippen LogP contribution in [0.2, 0.25) is 0 Å². The Bertz CT molecular complexity index is 1450. The van der Waals surface area contributed by atoms with E-state index in [4.69, 9.17) is 25.9 Å². The van der Waals surface area contributed by atoms with Crippen LogP contribution in [0.1, 0.15) is 6.42 Å². The first-order chi connectivity index (χ1) is 20.9. The summed E-state index contributed by atoms with van der Waals surface area (Å²) in [5.74, 6) is 0. The van der Waals surface area contributed by atoms with Crippen LogP contribution in [0.4, 0.5) is 26.3 Å². The average molecular weight is 819 g/mol. The normalized spacial score (nSPS) is 11.9. The van der Waals surface area contributed by atoms with Crippen LogP contribution in [0.3, 0.4) is 0 Å². The maximum absolute atomic E-state index is 10.7. The number of alkyl halides is 6. The van der Waals surface area contributed by atoms with E-state index in [1.165, 1.54) is 40.0 Å². The molecule has 252 valence electrons. The van der Waals surface area contributed by atoms with Gasteiger partial charge in [0.05, 0.1) is 49.4 Å². The zero-order chi connectivity index (χ0) is 33.7. The zero-order valence-electron chi connectivity index (χ0n) is 23.5. The van der Waals surface area contributed by atoms with Gasteiger partial charge in [0.25, 0.3) is 0 Å². The van der Waals surface area contributed by atoms with Gasteiger partial charge in [-0.05, 0) is 48.5 Å². The molecule has 0 heterocycles. The first-order valence-corrected chi connectivity index (χ1v) is 19.1. The Kier molecular flexibility index (Phi) is 17.2. The molecule has 0 fully saturated rings. The van der Waals surface area contributed by atoms with Gasteiger partial charge in [-0.1, -0.05) is 72.8 Å². The molecule has 0 aliphatic heterocycles. The Morgan fingerprint density at radius 2 is 0.630 bits per heavy atom. The van der Waals surface area contributed by atoms with Crippen molar-refractivity contribution in [1.29, 1.82) is 0 Å². The fourth-order valence-electron chi connectivity index (χ4n) is 3.91. The molecule has 0 spiro atoms. The summed E-state index contributed by atoms with van der Waals surface area (Å²) in [4.78, 5) is 0. The molecule has 4 aromatic rings. The van der Waals surface area contributed by atoms with Crippen LogP contribution >= 0.6 is 15.8 Å². The van der Waals surface area contributed by atoms with E-state index in [9.17, 15) is 26.3 Å². The molecule has 0 saturated heterocycles. The van der Waals surface area contributed by atoms with Gasteiger partial charge < -0.3 is 9.11 Å². The Morgan fingerprint density at radius 1 is 0.457 bits per heavy atom. The van der Waals surface area contributed by atoms with Crippen molar-refractivity contribution in [2.24, 2.45) is 0 Å². The van der Waals surface area contributed by atoms with Gasteiger partial charge >= 0.3 is 31.4 Å². The van der Waals surface area contributed by atoms with E-state index in [1.807, 2.05) is 0 Å². The van der Waals surface area contributed by atoms with Crippen molar-refractivity contribution in [2.45, 2.75) is 17.4 Å². The third-order valence-electron chi connectivity index (χ3n) is 5.91. The van der Waals surface area contributed by atoms with Crippen LogP contribution < -0.4 is 21.2 Å². The van der Waals surface area contributed by atoms with E-state index < -0.39 is 47.1 Å². The number of rotatable bonds is 8. The Morgan fingerprint density at radius 3 is 0.783 bits per heavy atom. The first-order valence-electron chi connectivity index (χ1n) is 12.9. The minimum atomic E-state index is -6.09. The fraction of sp³-hybridized carbons (Fsp3) is 0.172. The number of hydrogen-bond acceptors (Lipinski definition) is 6. The number of benzene rings is 4. The van der Waals surface area contributed by atoms with E-state index in [0.717, 1.165) is 0 Å². The minimum absolute atomic E-state index is 0. The monoisotopic (exact) mass is 818 g/mol. The Balaban J connectivity index is 0.000000518. The van der Waals surface area contributed by atoms with Gasteiger partial charge in [-0.2, -0.15) is 26.3 Å². The quantitative estimate of drug-likeness (QED) is 0.0794. The molecule has 0 aliphatic rings. The smallest absolute Gasteiger partial charge is 0.741 e. The van der Waals surface area contributed by atoms with Crippen molar-refractivity contribution in [1.82, 2.24) is 0 Å². The SMILES string of the molecule is O=S(=O)([O-])C(F)(F)F.O=S(=O)([O-])C(F)(F)F.[Pd+2].c1ccc([PH+](CCC[PH+](c2ccccc2)c2ccccc2)c2ccccc2)cc1. The molecule has 4 rings (SSSR count). The minimum Gasteiger partial charge on any atom is -0.741 e. The molecule has 0 aromatic heterocycles. The number of halogens is 6.